The Morgan fingerprint density at radius 1 is 1.00 bits per heavy atom. The predicted molar refractivity (Wildman–Crippen MR) is 150 cm³/mol. The van der Waals surface area contributed by atoms with E-state index in [4.69, 9.17) is 5.73 Å². The van der Waals surface area contributed by atoms with E-state index in [1.807, 2.05) is 30.3 Å². The van der Waals surface area contributed by atoms with Gasteiger partial charge in [0.25, 0.3) is 11.8 Å². The maximum atomic E-state index is 14.6. The van der Waals surface area contributed by atoms with Crippen molar-refractivity contribution in [3.8, 4) is 0 Å². The Labute approximate surface area is 234 Å². The molecule has 4 atom stereocenters. The van der Waals surface area contributed by atoms with E-state index in [1.165, 1.54) is 23.8 Å². The number of nitrogens with one attached hydrogen (secondary N) is 2. The van der Waals surface area contributed by atoms with E-state index in [0.29, 0.717) is 6.42 Å². The number of carbonyl (C=O) groups is 5. The van der Waals surface area contributed by atoms with E-state index in [1.54, 1.807) is 38.1 Å². The van der Waals surface area contributed by atoms with Crippen LogP contribution in [0.5, 0.6) is 0 Å². The highest BCUT2D eigenvalue weighted by molar-refractivity contribution is 6.18. The van der Waals surface area contributed by atoms with Crippen LogP contribution in [0.1, 0.15) is 49.5 Å². The number of anilines is 1. The van der Waals surface area contributed by atoms with Crippen LogP contribution in [0.25, 0.3) is 0 Å². The zero-order valence-corrected chi connectivity index (χ0v) is 23.3. The first-order chi connectivity index (χ1) is 19.0. The molecule has 4 N–H and O–H groups in total. The summed E-state index contributed by atoms with van der Waals surface area (Å²) in [6.45, 7) is 5.21. The van der Waals surface area contributed by atoms with Crippen molar-refractivity contribution in [3.05, 3.63) is 65.7 Å². The molecule has 0 aliphatic carbocycles. The van der Waals surface area contributed by atoms with Gasteiger partial charge in [0.2, 0.25) is 11.8 Å². The summed E-state index contributed by atoms with van der Waals surface area (Å²) in [6, 6.07) is 12.6. The molecule has 2 aromatic carbocycles. The summed E-state index contributed by atoms with van der Waals surface area (Å²) in [5.74, 6) is -3.26. The van der Waals surface area contributed by atoms with E-state index in [0.717, 1.165) is 5.56 Å². The molecule has 40 heavy (non-hydrogen) atoms. The summed E-state index contributed by atoms with van der Waals surface area (Å²) in [4.78, 5) is 72.4. The minimum atomic E-state index is -1.93. The number of likely N-dealkylation sites (N-methyl/N-ethyl adjacent to an activating group) is 1. The number of Topliss-reactive ketones (excluding diaryl/α,β-unsaturated/α-hetero) is 1. The van der Waals surface area contributed by atoms with Gasteiger partial charge in [-0.1, -0.05) is 56.3 Å². The number of benzene rings is 2. The van der Waals surface area contributed by atoms with E-state index in [2.05, 4.69) is 10.6 Å². The van der Waals surface area contributed by atoms with E-state index >= 15 is 0 Å². The molecule has 4 unspecified atom stereocenters. The first-order valence-corrected chi connectivity index (χ1v) is 13.6. The fourth-order valence-electron chi connectivity index (χ4n) is 5.64. The third-order valence-corrected chi connectivity index (χ3v) is 7.94. The monoisotopic (exact) mass is 547 g/mol. The lowest BCUT2D eigenvalue weighted by Gasteiger charge is -2.42. The molecule has 0 bridgehead atoms. The molecule has 0 radical (unpaired) electrons. The third-order valence-electron chi connectivity index (χ3n) is 7.94. The number of hydrogen-bond donors (Lipinski definition) is 3. The molecule has 2 aliphatic rings. The van der Waals surface area contributed by atoms with Gasteiger partial charge < -0.3 is 26.2 Å². The zero-order valence-electron chi connectivity index (χ0n) is 23.3. The Balaban J connectivity index is 1.88. The topological polar surface area (TPSA) is 142 Å². The molecule has 4 rings (SSSR count). The summed E-state index contributed by atoms with van der Waals surface area (Å²) in [7, 11) is 1.48. The lowest BCUT2D eigenvalue weighted by Crippen LogP contribution is -2.68. The Morgan fingerprint density at radius 2 is 1.65 bits per heavy atom. The summed E-state index contributed by atoms with van der Waals surface area (Å²) in [5.41, 5.74) is 5.39. The van der Waals surface area contributed by atoms with Crippen LogP contribution in [0, 0.1) is 5.92 Å². The average Bonchev–Trinajstić information content (AvgIpc) is 3.39. The molecule has 4 amide bonds. The lowest BCUT2D eigenvalue weighted by molar-refractivity contribution is -0.153. The zero-order chi connectivity index (χ0) is 29.2. The summed E-state index contributed by atoms with van der Waals surface area (Å²) >= 11 is 0. The Morgan fingerprint density at radius 3 is 2.30 bits per heavy atom. The van der Waals surface area contributed by atoms with Gasteiger partial charge in [-0.2, -0.15) is 0 Å². The maximum Gasteiger partial charge on any atom is 0.257 e. The van der Waals surface area contributed by atoms with Gasteiger partial charge in [-0.3, -0.25) is 24.0 Å². The molecule has 1 spiro atoms. The Bertz CT molecular complexity index is 1310. The van der Waals surface area contributed by atoms with Gasteiger partial charge >= 0.3 is 0 Å². The second-order valence-electron chi connectivity index (χ2n) is 11.0. The highest BCUT2D eigenvalue weighted by Crippen LogP contribution is 2.37. The van der Waals surface area contributed by atoms with Gasteiger partial charge in [0.1, 0.15) is 12.1 Å². The second kappa shape index (κ2) is 11.5. The SMILES string of the molecule is CC1NC(=O)C(Cc2ccccc2)N(C)C(=O)C2(CCCN2C(=O)c2ccccc2N)C(=O)C(C(C)C)NC1=O. The number of nitrogen functional groups attached to an aromatic ring is 1. The first kappa shape index (κ1) is 28.8. The highest BCUT2D eigenvalue weighted by Gasteiger charge is 2.59. The number of amides is 4. The van der Waals surface area contributed by atoms with Crippen molar-refractivity contribution in [1.82, 2.24) is 20.4 Å². The fraction of sp³-hybridized carbons (Fsp3) is 0.433. The van der Waals surface area contributed by atoms with Crippen LogP contribution in [0.15, 0.2) is 54.6 Å². The van der Waals surface area contributed by atoms with Crippen molar-refractivity contribution < 1.29 is 24.0 Å². The molecule has 2 aromatic rings. The van der Waals surface area contributed by atoms with Gasteiger partial charge in [-0.25, -0.2) is 0 Å². The molecule has 212 valence electrons. The molecular weight excluding hydrogens is 510 g/mol. The molecule has 2 saturated heterocycles. The van der Waals surface area contributed by atoms with Crippen LogP contribution in [0.4, 0.5) is 5.69 Å². The number of hydrogen-bond acceptors (Lipinski definition) is 6. The Kier molecular flexibility index (Phi) is 8.27. The van der Waals surface area contributed by atoms with Gasteiger partial charge in [0.05, 0.1) is 11.6 Å². The molecule has 10 nitrogen and oxygen atoms in total. The number of rotatable bonds is 4. The highest BCUT2D eigenvalue weighted by atomic mass is 16.2. The van der Waals surface area contributed by atoms with Crippen LogP contribution in [-0.2, 0) is 25.6 Å². The fourth-order valence-corrected chi connectivity index (χ4v) is 5.64. The molecular formula is C30H37N5O5. The lowest BCUT2D eigenvalue weighted by atomic mass is 9.80. The maximum absolute atomic E-state index is 14.6. The summed E-state index contributed by atoms with van der Waals surface area (Å²) in [6.07, 6.45) is 0.594. The van der Waals surface area contributed by atoms with E-state index in [9.17, 15) is 24.0 Å². The molecule has 2 fully saturated rings. The molecule has 0 aromatic heterocycles. The van der Waals surface area contributed by atoms with Crippen molar-refractivity contribution >= 4 is 35.1 Å². The predicted octanol–water partition coefficient (Wildman–Crippen LogP) is 1.54. The van der Waals surface area contributed by atoms with Crippen LogP contribution in [0.3, 0.4) is 0 Å². The second-order valence-corrected chi connectivity index (χ2v) is 11.0. The third kappa shape index (κ3) is 5.17. The quantitative estimate of drug-likeness (QED) is 0.392. The van der Waals surface area contributed by atoms with Gasteiger partial charge in [-0.15, -0.1) is 0 Å². The number of nitrogens with zero attached hydrogens (tertiary/aromatic N) is 2. The number of likely N-dealkylation sites (tertiary alicyclic amines) is 1. The van der Waals surface area contributed by atoms with E-state index < -0.39 is 59.0 Å². The number of nitrogens with two attached hydrogens (primary N) is 1. The van der Waals surface area contributed by atoms with Crippen LogP contribution < -0.4 is 16.4 Å². The standard InChI is InChI=1S/C30H37N5O5/c1-18(2)24-25(36)30(15-10-16-35(30)28(39)21-13-8-9-14-22(21)31)29(40)34(4)23(17-20-11-6-5-7-12-20)27(38)32-19(3)26(37)33-24/h5-9,11-14,18-19,23-24H,10,15-17,31H2,1-4H3,(H,32,38)(H,33,37). The molecule has 2 heterocycles. The van der Waals surface area contributed by atoms with Crippen molar-refractivity contribution in [3.63, 3.8) is 0 Å². The average molecular weight is 548 g/mol. The molecule has 2 aliphatic heterocycles. The Hall–Kier alpha value is -4.21. The first-order valence-electron chi connectivity index (χ1n) is 13.6. The minimum absolute atomic E-state index is 0.0573. The van der Waals surface area contributed by atoms with Crippen molar-refractivity contribution in [2.75, 3.05) is 19.3 Å². The molecule has 10 heteroatoms. The van der Waals surface area contributed by atoms with Crippen molar-refractivity contribution in [2.45, 2.75) is 63.7 Å². The number of para-hydroxylation sites is 1. The van der Waals surface area contributed by atoms with E-state index in [-0.39, 0.29) is 30.6 Å². The van der Waals surface area contributed by atoms with Crippen molar-refractivity contribution in [2.24, 2.45) is 5.92 Å². The summed E-state index contributed by atoms with van der Waals surface area (Å²) < 4.78 is 0. The van der Waals surface area contributed by atoms with Crippen LogP contribution in [-0.4, -0.2) is 76.5 Å². The molecule has 0 saturated carbocycles. The normalized spacial score (nSPS) is 26.1. The van der Waals surface area contributed by atoms with Crippen molar-refractivity contribution in [1.29, 1.82) is 0 Å². The van der Waals surface area contributed by atoms with Crippen LogP contribution in [0.2, 0.25) is 0 Å². The van der Waals surface area contributed by atoms with Gasteiger partial charge in [0.15, 0.2) is 11.3 Å². The number of ketones is 1. The smallest absolute Gasteiger partial charge is 0.257 e. The summed E-state index contributed by atoms with van der Waals surface area (Å²) in [5, 5.41) is 5.47. The van der Waals surface area contributed by atoms with Crippen LogP contribution >= 0.6 is 0 Å². The number of carbonyl (C=O) groups excluding carboxylic acids is 5. The largest absolute Gasteiger partial charge is 0.398 e. The van der Waals surface area contributed by atoms with Gasteiger partial charge in [-0.05, 0) is 43.4 Å². The van der Waals surface area contributed by atoms with Gasteiger partial charge in [0, 0.05) is 25.7 Å². The minimum Gasteiger partial charge on any atom is -0.398 e.